The molecule has 0 bridgehead atoms. The van der Waals surface area contributed by atoms with E-state index in [0.29, 0.717) is 5.70 Å². The van der Waals surface area contributed by atoms with Gasteiger partial charge in [-0.15, -0.1) is 0 Å². The summed E-state index contributed by atoms with van der Waals surface area (Å²) in [5, 5.41) is 2.86. The molecule has 1 heterocycles. The standard InChI is InChI=1S/C9H10FN/c1-3-8-5-4-6-9(10)7(2)11-8/h3-6,11H,1H2,2H3. The van der Waals surface area contributed by atoms with Crippen LogP contribution in [0.4, 0.5) is 4.39 Å². The van der Waals surface area contributed by atoms with Crippen LogP contribution in [-0.4, -0.2) is 0 Å². The summed E-state index contributed by atoms with van der Waals surface area (Å²) in [5.74, 6) is -0.238. The minimum Gasteiger partial charge on any atom is -0.357 e. The third-order valence-electron chi connectivity index (χ3n) is 1.43. The monoisotopic (exact) mass is 151 g/mol. The van der Waals surface area contributed by atoms with Crippen LogP contribution in [0.1, 0.15) is 6.92 Å². The fourth-order valence-corrected chi connectivity index (χ4v) is 0.798. The molecule has 1 rings (SSSR count). The smallest absolute Gasteiger partial charge is 0.142 e. The van der Waals surface area contributed by atoms with Crippen LogP contribution >= 0.6 is 0 Å². The number of nitrogens with one attached hydrogen (secondary N) is 1. The molecule has 0 unspecified atom stereocenters. The van der Waals surface area contributed by atoms with Gasteiger partial charge >= 0.3 is 0 Å². The normalized spacial score (nSPS) is 17.1. The van der Waals surface area contributed by atoms with Crippen LogP contribution in [0.15, 0.2) is 48.1 Å². The largest absolute Gasteiger partial charge is 0.357 e. The molecule has 2 heteroatoms. The molecule has 0 radical (unpaired) electrons. The number of allylic oxidation sites excluding steroid dienone is 6. The minimum atomic E-state index is -0.238. The molecule has 1 aliphatic rings. The van der Waals surface area contributed by atoms with Gasteiger partial charge in [0, 0.05) is 11.4 Å². The second-order valence-corrected chi connectivity index (χ2v) is 2.28. The Bertz CT molecular complexity index is 259. The van der Waals surface area contributed by atoms with Crippen molar-refractivity contribution in [3.05, 3.63) is 48.1 Å². The fraction of sp³-hybridized carbons (Fsp3) is 0.111. The molecular weight excluding hydrogens is 141 g/mol. The molecule has 0 saturated carbocycles. The lowest BCUT2D eigenvalue weighted by Crippen LogP contribution is -2.08. The highest BCUT2D eigenvalue weighted by molar-refractivity contribution is 5.32. The van der Waals surface area contributed by atoms with E-state index < -0.39 is 0 Å². The molecule has 1 N–H and O–H groups in total. The van der Waals surface area contributed by atoms with E-state index in [0.717, 1.165) is 5.70 Å². The Balaban J connectivity index is 2.92. The summed E-state index contributed by atoms with van der Waals surface area (Å²) < 4.78 is 12.8. The highest BCUT2D eigenvalue weighted by Gasteiger charge is 2.00. The molecule has 58 valence electrons. The van der Waals surface area contributed by atoms with Crippen molar-refractivity contribution >= 4 is 0 Å². The first kappa shape index (κ1) is 7.79. The van der Waals surface area contributed by atoms with E-state index in [-0.39, 0.29) is 5.83 Å². The molecule has 0 aliphatic carbocycles. The van der Waals surface area contributed by atoms with Crippen LogP contribution in [-0.2, 0) is 0 Å². The van der Waals surface area contributed by atoms with Gasteiger partial charge < -0.3 is 5.32 Å². The number of rotatable bonds is 1. The van der Waals surface area contributed by atoms with Crippen molar-refractivity contribution in [1.29, 1.82) is 0 Å². The van der Waals surface area contributed by atoms with Crippen molar-refractivity contribution < 1.29 is 4.39 Å². The molecular formula is C9H10FN. The molecule has 0 aromatic rings. The molecule has 0 atom stereocenters. The van der Waals surface area contributed by atoms with E-state index in [9.17, 15) is 4.39 Å². The lowest BCUT2D eigenvalue weighted by atomic mass is 10.4. The van der Waals surface area contributed by atoms with Gasteiger partial charge in [0.2, 0.25) is 0 Å². The summed E-state index contributed by atoms with van der Waals surface area (Å²) in [4.78, 5) is 0. The van der Waals surface area contributed by atoms with Gasteiger partial charge in [-0.25, -0.2) is 4.39 Å². The summed E-state index contributed by atoms with van der Waals surface area (Å²) in [6.45, 7) is 5.26. The summed E-state index contributed by atoms with van der Waals surface area (Å²) in [6, 6.07) is 0. The predicted molar refractivity (Wildman–Crippen MR) is 44.4 cm³/mol. The number of hydrogen-bond donors (Lipinski definition) is 1. The summed E-state index contributed by atoms with van der Waals surface area (Å²) in [6.07, 6.45) is 6.48. The SMILES string of the molecule is C=CC1=CC=CC(F)=C(C)N1. The first-order valence-corrected chi connectivity index (χ1v) is 3.38. The highest BCUT2D eigenvalue weighted by atomic mass is 19.1. The first-order chi connectivity index (χ1) is 5.24. The van der Waals surface area contributed by atoms with Gasteiger partial charge in [-0.05, 0) is 25.2 Å². The van der Waals surface area contributed by atoms with Gasteiger partial charge in [0.15, 0.2) is 0 Å². The zero-order chi connectivity index (χ0) is 8.27. The molecule has 0 aromatic heterocycles. The van der Waals surface area contributed by atoms with E-state index in [1.165, 1.54) is 6.08 Å². The van der Waals surface area contributed by atoms with Crippen LogP contribution in [0, 0.1) is 0 Å². The highest BCUT2D eigenvalue weighted by Crippen LogP contribution is 2.10. The second-order valence-electron chi connectivity index (χ2n) is 2.28. The van der Waals surface area contributed by atoms with E-state index in [1.807, 2.05) is 0 Å². The third kappa shape index (κ3) is 1.80. The van der Waals surface area contributed by atoms with E-state index >= 15 is 0 Å². The average Bonchev–Trinajstić information content (AvgIpc) is 2.15. The zero-order valence-corrected chi connectivity index (χ0v) is 6.39. The van der Waals surface area contributed by atoms with Crippen LogP contribution in [0.3, 0.4) is 0 Å². The van der Waals surface area contributed by atoms with Crippen molar-refractivity contribution in [1.82, 2.24) is 5.32 Å². The average molecular weight is 151 g/mol. The Morgan fingerprint density at radius 1 is 1.64 bits per heavy atom. The maximum absolute atomic E-state index is 12.8. The zero-order valence-electron chi connectivity index (χ0n) is 6.39. The van der Waals surface area contributed by atoms with E-state index in [4.69, 9.17) is 0 Å². The first-order valence-electron chi connectivity index (χ1n) is 3.38. The van der Waals surface area contributed by atoms with Gasteiger partial charge in [-0.3, -0.25) is 0 Å². The summed E-state index contributed by atoms with van der Waals surface area (Å²) >= 11 is 0. The number of halogens is 1. The van der Waals surface area contributed by atoms with Crippen molar-refractivity contribution in [2.45, 2.75) is 6.92 Å². The molecule has 0 spiro atoms. The van der Waals surface area contributed by atoms with E-state index in [1.54, 1.807) is 25.2 Å². The van der Waals surface area contributed by atoms with Crippen LogP contribution in [0.5, 0.6) is 0 Å². The molecule has 0 fully saturated rings. The van der Waals surface area contributed by atoms with Gasteiger partial charge in [0.05, 0.1) is 0 Å². The van der Waals surface area contributed by atoms with Crippen LogP contribution < -0.4 is 5.32 Å². The van der Waals surface area contributed by atoms with Gasteiger partial charge in [0.1, 0.15) is 5.83 Å². The fourth-order valence-electron chi connectivity index (χ4n) is 0.798. The minimum absolute atomic E-state index is 0.238. The molecule has 0 saturated heterocycles. The topological polar surface area (TPSA) is 12.0 Å². The van der Waals surface area contributed by atoms with E-state index in [2.05, 4.69) is 11.9 Å². The van der Waals surface area contributed by atoms with Crippen LogP contribution in [0.2, 0.25) is 0 Å². The quantitative estimate of drug-likeness (QED) is 0.606. The Kier molecular flexibility index (Phi) is 2.26. The van der Waals surface area contributed by atoms with Crippen molar-refractivity contribution in [2.24, 2.45) is 0 Å². The molecule has 0 aromatic carbocycles. The molecule has 1 aliphatic heterocycles. The maximum Gasteiger partial charge on any atom is 0.142 e. The molecule has 11 heavy (non-hydrogen) atoms. The van der Waals surface area contributed by atoms with Gasteiger partial charge in [-0.1, -0.05) is 12.7 Å². The Morgan fingerprint density at radius 3 is 3.00 bits per heavy atom. The van der Waals surface area contributed by atoms with Crippen LogP contribution in [0.25, 0.3) is 0 Å². The molecule has 1 nitrogen and oxygen atoms in total. The van der Waals surface area contributed by atoms with Crippen molar-refractivity contribution in [3.8, 4) is 0 Å². The van der Waals surface area contributed by atoms with Crippen molar-refractivity contribution in [2.75, 3.05) is 0 Å². The Labute approximate surface area is 65.6 Å². The Hall–Kier alpha value is -1.31. The Morgan fingerprint density at radius 2 is 2.36 bits per heavy atom. The van der Waals surface area contributed by atoms with Crippen molar-refractivity contribution in [3.63, 3.8) is 0 Å². The van der Waals surface area contributed by atoms with Gasteiger partial charge in [0.25, 0.3) is 0 Å². The summed E-state index contributed by atoms with van der Waals surface area (Å²) in [5.41, 5.74) is 1.33. The lowest BCUT2D eigenvalue weighted by molar-refractivity contribution is 0.644. The second kappa shape index (κ2) is 3.19. The lowest BCUT2D eigenvalue weighted by Gasteiger charge is -2.04. The predicted octanol–water partition coefficient (Wildman–Crippen LogP) is 2.42. The van der Waals surface area contributed by atoms with Gasteiger partial charge in [-0.2, -0.15) is 0 Å². The maximum atomic E-state index is 12.8. The number of hydrogen-bond acceptors (Lipinski definition) is 1. The third-order valence-corrected chi connectivity index (χ3v) is 1.43. The summed E-state index contributed by atoms with van der Waals surface area (Å²) in [7, 11) is 0. The molecule has 0 amide bonds.